The number of rotatable bonds is 2. The highest BCUT2D eigenvalue weighted by molar-refractivity contribution is 9.10. The van der Waals surface area contributed by atoms with Crippen molar-refractivity contribution >= 4 is 27.7 Å². The summed E-state index contributed by atoms with van der Waals surface area (Å²) >= 11 is 3.32. The van der Waals surface area contributed by atoms with E-state index in [0.717, 1.165) is 10.2 Å². The number of amides is 1. The molecule has 1 aromatic heterocycles. The fraction of sp³-hybridized carbons (Fsp3) is 0.111. The van der Waals surface area contributed by atoms with Crippen LogP contribution in [0.5, 0.6) is 0 Å². The largest absolute Gasteiger partial charge is 0.307 e. The van der Waals surface area contributed by atoms with Crippen LogP contribution in [0.25, 0.3) is 0 Å². The molecule has 0 saturated carbocycles. The topological polar surface area (TPSA) is 42.0 Å². The van der Waals surface area contributed by atoms with Gasteiger partial charge in [0.15, 0.2) is 0 Å². The molecule has 1 amide bonds. The van der Waals surface area contributed by atoms with E-state index < -0.39 is 0 Å². The molecule has 1 aromatic rings. The van der Waals surface area contributed by atoms with Gasteiger partial charge < -0.3 is 5.32 Å². The smallest absolute Gasteiger partial charge is 0.248 e. The summed E-state index contributed by atoms with van der Waals surface area (Å²) < 4.78 is 0.920. The average Bonchev–Trinajstić information content (AvgIpc) is 2.11. The Hall–Kier alpha value is -1.16. The first-order valence-electron chi connectivity index (χ1n) is 3.70. The van der Waals surface area contributed by atoms with Crippen molar-refractivity contribution in [3.05, 3.63) is 35.0 Å². The van der Waals surface area contributed by atoms with E-state index in [2.05, 4.69) is 32.8 Å². The van der Waals surface area contributed by atoms with Crippen molar-refractivity contribution in [3.8, 4) is 0 Å². The molecule has 1 heterocycles. The van der Waals surface area contributed by atoms with Gasteiger partial charge in [-0.2, -0.15) is 0 Å². The van der Waals surface area contributed by atoms with E-state index in [4.69, 9.17) is 0 Å². The highest BCUT2D eigenvalue weighted by Crippen LogP contribution is 2.15. The Balaban J connectivity index is 2.85. The van der Waals surface area contributed by atoms with Crippen LogP contribution < -0.4 is 5.32 Å². The zero-order chi connectivity index (χ0) is 9.84. The van der Waals surface area contributed by atoms with Crippen molar-refractivity contribution < 1.29 is 4.79 Å². The van der Waals surface area contributed by atoms with Gasteiger partial charge in [0.25, 0.3) is 0 Å². The minimum atomic E-state index is -0.255. The molecule has 1 rings (SSSR count). The van der Waals surface area contributed by atoms with E-state index in [1.165, 1.54) is 6.08 Å². The van der Waals surface area contributed by atoms with Crippen molar-refractivity contribution in [1.82, 2.24) is 4.98 Å². The van der Waals surface area contributed by atoms with Crippen molar-refractivity contribution in [2.24, 2.45) is 0 Å². The number of anilines is 1. The number of carbonyl (C=O) groups excluding carboxylic acids is 1. The third kappa shape index (κ3) is 2.66. The van der Waals surface area contributed by atoms with Crippen LogP contribution in [0.15, 0.2) is 29.3 Å². The Morgan fingerprint density at radius 3 is 2.92 bits per heavy atom. The maximum absolute atomic E-state index is 10.9. The molecule has 0 bridgehead atoms. The second-order valence-corrected chi connectivity index (χ2v) is 3.31. The van der Waals surface area contributed by atoms with Gasteiger partial charge in [0.2, 0.25) is 5.91 Å². The summed E-state index contributed by atoms with van der Waals surface area (Å²) in [6.45, 7) is 5.20. The van der Waals surface area contributed by atoms with Gasteiger partial charge in [0, 0.05) is 4.47 Å². The van der Waals surface area contributed by atoms with Crippen LogP contribution >= 0.6 is 15.9 Å². The number of nitrogens with zero attached hydrogens (tertiary/aromatic N) is 1. The summed E-state index contributed by atoms with van der Waals surface area (Å²) in [5.41, 5.74) is 0.835. The van der Waals surface area contributed by atoms with Gasteiger partial charge in [-0.15, -0.1) is 0 Å². The Bertz CT molecular complexity index is 349. The zero-order valence-electron chi connectivity index (χ0n) is 7.17. The SMILES string of the molecule is C=CC(=O)Nc1ccc(Br)c(C)n1. The van der Waals surface area contributed by atoms with Crippen LogP contribution in [-0.4, -0.2) is 10.9 Å². The van der Waals surface area contributed by atoms with E-state index in [9.17, 15) is 4.79 Å². The maximum Gasteiger partial charge on any atom is 0.248 e. The second kappa shape index (κ2) is 4.18. The molecule has 0 saturated heterocycles. The number of hydrogen-bond donors (Lipinski definition) is 1. The molecule has 0 unspecified atom stereocenters. The average molecular weight is 241 g/mol. The zero-order valence-corrected chi connectivity index (χ0v) is 8.76. The highest BCUT2D eigenvalue weighted by Gasteiger charge is 2.00. The van der Waals surface area contributed by atoms with Crippen LogP contribution in [0, 0.1) is 6.92 Å². The third-order valence-electron chi connectivity index (χ3n) is 1.46. The second-order valence-electron chi connectivity index (χ2n) is 2.46. The van der Waals surface area contributed by atoms with Gasteiger partial charge in [0.05, 0.1) is 5.69 Å². The Morgan fingerprint density at radius 1 is 1.69 bits per heavy atom. The summed E-state index contributed by atoms with van der Waals surface area (Å²) in [6.07, 6.45) is 1.21. The standard InChI is InChI=1S/C9H9BrN2O/c1-3-9(13)12-8-5-4-7(10)6(2)11-8/h3-5H,1H2,2H3,(H,11,12,13). The summed E-state index contributed by atoms with van der Waals surface area (Å²) in [5, 5.41) is 2.57. The third-order valence-corrected chi connectivity index (χ3v) is 2.30. The quantitative estimate of drug-likeness (QED) is 0.807. The number of nitrogens with one attached hydrogen (secondary N) is 1. The predicted molar refractivity (Wildman–Crippen MR) is 55.5 cm³/mol. The lowest BCUT2D eigenvalue weighted by molar-refractivity contribution is -0.111. The number of pyridine rings is 1. The van der Waals surface area contributed by atoms with Gasteiger partial charge in [0.1, 0.15) is 5.82 Å². The minimum Gasteiger partial charge on any atom is -0.307 e. The Morgan fingerprint density at radius 2 is 2.38 bits per heavy atom. The molecular weight excluding hydrogens is 232 g/mol. The maximum atomic E-state index is 10.9. The summed E-state index contributed by atoms with van der Waals surface area (Å²) in [7, 11) is 0. The first-order chi connectivity index (χ1) is 6.13. The molecule has 0 radical (unpaired) electrons. The normalized spacial score (nSPS) is 9.38. The molecule has 0 fully saturated rings. The minimum absolute atomic E-state index is 0.255. The van der Waals surface area contributed by atoms with Crippen LogP contribution in [0.4, 0.5) is 5.82 Å². The molecule has 0 spiro atoms. The molecule has 0 aromatic carbocycles. The lowest BCUT2D eigenvalue weighted by Gasteiger charge is -2.02. The number of hydrogen-bond acceptors (Lipinski definition) is 2. The van der Waals surface area contributed by atoms with Gasteiger partial charge in [-0.3, -0.25) is 4.79 Å². The molecule has 0 aliphatic carbocycles. The first-order valence-corrected chi connectivity index (χ1v) is 4.49. The van der Waals surface area contributed by atoms with Crippen LogP contribution in [-0.2, 0) is 4.79 Å². The fourth-order valence-corrected chi connectivity index (χ4v) is 1.01. The molecule has 0 aliphatic rings. The van der Waals surface area contributed by atoms with Crippen molar-refractivity contribution in [1.29, 1.82) is 0 Å². The van der Waals surface area contributed by atoms with Crippen molar-refractivity contribution in [2.75, 3.05) is 5.32 Å². The molecule has 3 nitrogen and oxygen atoms in total. The highest BCUT2D eigenvalue weighted by atomic mass is 79.9. The van der Waals surface area contributed by atoms with Gasteiger partial charge in [-0.05, 0) is 41.1 Å². The number of aromatic nitrogens is 1. The number of carbonyl (C=O) groups is 1. The lowest BCUT2D eigenvalue weighted by Crippen LogP contribution is -2.09. The van der Waals surface area contributed by atoms with E-state index in [1.807, 2.05) is 13.0 Å². The van der Waals surface area contributed by atoms with Crippen LogP contribution in [0.1, 0.15) is 5.69 Å². The first kappa shape index (κ1) is 9.92. The summed E-state index contributed by atoms with van der Waals surface area (Å²) in [6, 6.07) is 3.56. The van der Waals surface area contributed by atoms with E-state index in [0.29, 0.717) is 5.82 Å². The van der Waals surface area contributed by atoms with Crippen LogP contribution in [0.2, 0.25) is 0 Å². The summed E-state index contributed by atoms with van der Waals surface area (Å²) in [5.74, 6) is 0.278. The lowest BCUT2D eigenvalue weighted by atomic mass is 10.3. The van der Waals surface area contributed by atoms with Gasteiger partial charge >= 0.3 is 0 Å². The van der Waals surface area contributed by atoms with Crippen LogP contribution in [0.3, 0.4) is 0 Å². The van der Waals surface area contributed by atoms with Gasteiger partial charge in [-0.1, -0.05) is 6.58 Å². The molecule has 0 aliphatic heterocycles. The molecule has 1 N–H and O–H groups in total. The Labute approximate surface area is 85.0 Å². The van der Waals surface area contributed by atoms with E-state index in [-0.39, 0.29) is 5.91 Å². The van der Waals surface area contributed by atoms with Crippen molar-refractivity contribution in [3.63, 3.8) is 0 Å². The van der Waals surface area contributed by atoms with E-state index >= 15 is 0 Å². The molecule has 0 atom stereocenters. The fourth-order valence-electron chi connectivity index (χ4n) is 0.791. The molecule has 13 heavy (non-hydrogen) atoms. The van der Waals surface area contributed by atoms with Crippen molar-refractivity contribution in [2.45, 2.75) is 6.92 Å². The number of halogens is 1. The Kier molecular flexibility index (Phi) is 3.19. The molecule has 4 heteroatoms. The molecular formula is C9H9BrN2O. The predicted octanol–water partition coefficient (Wildman–Crippen LogP) is 2.28. The monoisotopic (exact) mass is 240 g/mol. The van der Waals surface area contributed by atoms with E-state index in [1.54, 1.807) is 6.07 Å². The van der Waals surface area contributed by atoms with Gasteiger partial charge in [-0.25, -0.2) is 4.98 Å². The molecule has 68 valence electrons. The summed E-state index contributed by atoms with van der Waals surface area (Å²) in [4.78, 5) is 15.0. The number of aryl methyl sites for hydroxylation is 1.